The molecule has 0 saturated carbocycles. The predicted octanol–water partition coefficient (Wildman–Crippen LogP) is 1.52. The van der Waals surface area contributed by atoms with Gasteiger partial charge in [-0.3, -0.25) is 9.59 Å². The zero-order chi connectivity index (χ0) is 15.7. The Balaban J connectivity index is 2.22. The molecule has 21 heavy (non-hydrogen) atoms. The fourth-order valence-corrected chi connectivity index (χ4v) is 1.79. The second-order valence-corrected chi connectivity index (χ2v) is 4.74. The molecule has 112 valence electrons. The van der Waals surface area contributed by atoms with E-state index in [1.54, 1.807) is 18.2 Å². The van der Waals surface area contributed by atoms with E-state index in [4.69, 9.17) is 33.2 Å². The van der Waals surface area contributed by atoms with Gasteiger partial charge in [0, 0.05) is 18.1 Å². The number of nitrogens with one attached hydrogen (secondary N) is 2. The number of carbonyl (C=O) groups is 2. The average molecular weight is 330 g/mol. The minimum absolute atomic E-state index is 0.201. The highest BCUT2D eigenvalue weighted by Crippen LogP contribution is 2.27. The lowest BCUT2D eigenvalue weighted by molar-refractivity contribution is -0.123. The maximum absolute atomic E-state index is 11.5. The molecule has 1 aromatic rings. The highest BCUT2D eigenvalue weighted by molar-refractivity contribution is 6.35. The number of rotatable bonds is 7. The largest absolute Gasteiger partial charge is 0.482 e. The fraction of sp³-hybridized carbons (Fsp3) is 0.308. The smallest absolute Gasteiger partial charge is 0.258 e. The molecule has 0 aromatic heterocycles. The molecule has 0 radical (unpaired) electrons. The summed E-state index contributed by atoms with van der Waals surface area (Å²) in [5.41, 5.74) is 0. The van der Waals surface area contributed by atoms with Crippen molar-refractivity contribution in [1.82, 2.24) is 10.6 Å². The molecular weight excluding hydrogens is 317 g/mol. The summed E-state index contributed by atoms with van der Waals surface area (Å²) in [4.78, 5) is 22.5. The number of hydrogen-bond donors (Lipinski definition) is 2. The summed E-state index contributed by atoms with van der Waals surface area (Å²) >= 11 is 11.6. The molecule has 0 aliphatic carbocycles. The SMILES string of the molecule is N#CCC(=O)NCCNC(=O)COc1ccc(Cl)cc1Cl. The van der Waals surface area contributed by atoms with Crippen LogP contribution in [0.2, 0.25) is 10.0 Å². The lowest BCUT2D eigenvalue weighted by atomic mass is 10.3. The monoisotopic (exact) mass is 329 g/mol. The molecule has 0 unspecified atom stereocenters. The first-order valence-electron chi connectivity index (χ1n) is 6.01. The molecule has 0 fully saturated rings. The molecule has 0 bridgehead atoms. The highest BCUT2D eigenvalue weighted by atomic mass is 35.5. The minimum Gasteiger partial charge on any atom is -0.482 e. The van der Waals surface area contributed by atoms with E-state index >= 15 is 0 Å². The summed E-state index contributed by atoms with van der Waals surface area (Å²) in [7, 11) is 0. The number of amides is 2. The van der Waals surface area contributed by atoms with E-state index in [-0.39, 0.29) is 37.9 Å². The molecule has 1 rings (SSSR count). The molecule has 0 heterocycles. The van der Waals surface area contributed by atoms with Crippen LogP contribution in [0.15, 0.2) is 18.2 Å². The second-order valence-electron chi connectivity index (χ2n) is 3.90. The van der Waals surface area contributed by atoms with E-state index in [0.717, 1.165) is 0 Å². The maximum atomic E-state index is 11.5. The lowest BCUT2D eigenvalue weighted by Gasteiger charge is -2.09. The topological polar surface area (TPSA) is 91.2 Å². The van der Waals surface area contributed by atoms with Crippen molar-refractivity contribution in [3.05, 3.63) is 28.2 Å². The van der Waals surface area contributed by atoms with E-state index in [1.165, 1.54) is 6.07 Å². The van der Waals surface area contributed by atoms with Crippen LogP contribution in [0.1, 0.15) is 6.42 Å². The Hall–Kier alpha value is -1.97. The van der Waals surface area contributed by atoms with Crippen LogP contribution in [0.5, 0.6) is 5.75 Å². The summed E-state index contributed by atoms with van der Waals surface area (Å²) in [5.74, 6) is -0.370. The van der Waals surface area contributed by atoms with Gasteiger partial charge >= 0.3 is 0 Å². The fourth-order valence-electron chi connectivity index (χ4n) is 1.32. The van der Waals surface area contributed by atoms with Crippen molar-refractivity contribution in [3.63, 3.8) is 0 Å². The van der Waals surface area contributed by atoms with Crippen LogP contribution in [0, 0.1) is 11.3 Å². The van der Waals surface area contributed by atoms with E-state index in [2.05, 4.69) is 10.6 Å². The molecule has 1 aromatic carbocycles. The standard InChI is InChI=1S/C13H13Cl2N3O3/c14-9-1-2-11(10(15)7-9)21-8-13(20)18-6-5-17-12(19)3-4-16/h1-2,7H,3,5-6,8H2,(H,17,19)(H,18,20). The van der Waals surface area contributed by atoms with Gasteiger partial charge < -0.3 is 15.4 Å². The van der Waals surface area contributed by atoms with Crippen molar-refractivity contribution in [2.45, 2.75) is 6.42 Å². The lowest BCUT2D eigenvalue weighted by Crippen LogP contribution is -2.36. The van der Waals surface area contributed by atoms with Crippen LogP contribution in [0.25, 0.3) is 0 Å². The van der Waals surface area contributed by atoms with E-state index < -0.39 is 0 Å². The van der Waals surface area contributed by atoms with E-state index in [1.807, 2.05) is 0 Å². The Kier molecular flexibility index (Phi) is 7.37. The number of benzene rings is 1. The van der Waals surface area contributed by atoms with Crippen molar-refractivity contribution in [2.24, 2.45) is 0 Å². The maximum Gasteiger partial charge on any atom is 0.258 e. The van der Waals surface area contributed by atoms with Crippen LogP contribution in [0.3, 0.4) is 0 Å². The van der Waals surface area contributed by atoms with Crippen molar-refractivity contribution in [2.75, 3.05) is 19.7 Å². The van der Waals surface area contributed by atoms with Crippen molar-refractivity contribution < 1.29 is 14.3 Å². The third kappa shape index (κ3) is 6.84. The number of nitriles is 1. The number of nitrogens with zero attached hydrogens (tertiary/aromatic N) is 1. The van der Waals surface area contributed by atoms with Gasteiger partial charge in [0.2, 0.25) is 5.91 Å². The van der Waals surface area contributed by atoms with Crippen LogP contribution in [0.4, 0.5) is 0 Å². The Morgan fingerprint density at radius 1 is 1.19 bits per heavy atom. The van der Waals surface area contributed by atoms with Crippen LogP contribution in [-0.4, -0.2) is 31.5 Å². The Labute approximate surface area is 132 Å². The molecule has 0 aliphatic rings. The zero-order valence-corrected chi connectivity index (χ0v) is 12.5. The highest BCUT2D eigenvalue weighted by Gasteiger charge is 2.06. The quantitative estimate of drug-likeness (QED) is 0.742. The summed E-state index contributed by atoms with van der Waals surface area (Å²) in [6.45, 7) is 0.287. The molecule has 0 atom stereocenters. The molecule has 8 heteroatoms. The van der Waals surface area contributed by atoms with E-state index in [9.17, 15) is 9.59 Å². The van der Waals surface area contributed by atoms with Gasteiger partial charge in [0.05, 0.1) is 11.1 Å². The molecule has 0 aliphatic heterocycles. The van der Waals surface area contributed by atoms with Gasteiger partial charge in [-0.25, -0.2) is 0 Å². The molecular formula is C13H13Cl2N3O3. The van der Waals surface area contributed by atoms with Gasteiger partial charge in [0.15, 0.2) is 6.61 Å². The molecule has 2 N–H and O–H groups in total. The number of ether oxygens (including phenoxy) is 1. The Morgan fingerprint density at radius 3 is 2.48 bits per heavy atom. The molecule has 0 spiro atoms. The zero-order valence-electron chi connectivity index (χ0n) is 11.0. The molecule has 0 saturated heterocycles. The van der Waals surface area contributed by atoms with Gasteiger partial charge in [0.25, 0.3) is 5.91 Å². The first-order valence-corrected chi connectivity index (χ1v) is 6.76. The third-order valence-corrected chi connectivity index (χ3v) is 2.79. The number of hydrogen-bond acceptors (Lipinski definition) is 4. The van der Waals surface area contributed by atoms with Gasteiger partial charge in [0.1, 0.15) is 12.2 Å². The minimum atomic E-state index is -0.379. The average Bonchev–Trinajstić information content (AvgIpc) is 2.43. The van der Waals surface area contributed by atoms with Crippen molar-refractivity contribution in [3.8, 4) is 11.8 Å². The summed E-state index contributed by atoms with van der Waals surface area (Å²) in [6, 6.07) is 6.41. The first-order chi connectivity index (χ1) is 10.0. The van der Waals surface area contributed by atoms with Crippen molar-refractivity contribution >= 4 is 35.0 Å². The van der Waals surface area contributed by atoms with Crippen LogP contribution < -0.4 is 15.4 Å². The van der Waals surface area contributed by atoms with Gasteiger partial charge in [-0.2, -0.15) is 5.26 Å². The van der Waals surface area contributed by atoms with Gasteiger partial charge in [-0.1, -0.05) is 23.2 Å². The van der Waals surface area contributed by atoms with Gasteiger partial charge in [-0.15, -0.1) is 0 Å². The number of halogens is 2. The van der Waals surface area contributed by atoms with Crippen LogP contribution in [-0.2, 0) is 9.59 Å². The normalized spacial score (nSPS) is 9.57. The van der Waals surface area contributed by atoms with Gasteiger partial charge in [-0.05, 0) is 18.2 Å². The summed E-state index contributed by atoms with van der Waals surface area (Å²) < 4.78 is 5.24. The second kappa shape index (κ2) is 9.06. The van der Waals surface area contributed by atoms with Crippen LogP contribution >= 0.6 is 23.2 Å². The molecule has 6 nitrogen and oxygen atoms in total. The molecule has 2 amide bonds. The Morgan fingerprint density at radius 2 is 1.86 bits per heavy atom. The van der Waals surface area contributed by atoms with E-state index in [0.29, 0.717) is 15.8 Å². The summed E-state index contributed by atoms with van der Waals surface area (Å²) in [6.07, 6.45) is -0.202. The number of carbonyl (C=O) groups excluding carboxylic acids is 2. The Bertz CT molecular complexity index is 558. The van der Waals surface area contributed by atoms with Crippen molar-refractivity contribution in [1.29, 1.82) is 5.26 Å². The third-order valence-electron chi connectivity index (χ3n) is 2.26. The summed E-state index contributed by atoms with van der Waals surface area (Å²) in [5, 5.41) is 14.1. The predicted molar refractivity (Wildman–Crippen MR) is 78.2 cm³/mol. The first kappa shape index (κ1) is 17.1.